The van der Waals surface area contributed by atoms with Gasteiger partial charge in [-0.15, -0.1) is 0 Å². The summed E-state index contributed by atoms with van der Waals surface area (Å²) in [5, 5.41) is 15.1. The third-order valence-electron chi connectivity index (χ3n) is 2.46. The zero-order valence-electron chi connectivity index (χ0n) is 10.4. The van der Waals surface area contributed by atoms with Crippen LogP contribution in [0.1, 0.15) is 19.4 Å². The van der Waals surface area contributed by atoms with E-state index in [-0.39, 0.29) is 17.7 Å². The monoisotopic (exact) mass is 236 g/mol. The van der Waals surface area contributed by atoms with E-state index < -0.39 is 0 Å². The lowest BCUT2D eigenvalue weighted by atomic mass is 10.1. The third-order valence-corrected chi connectivity index (χ3v) is 2.46. The van der Waals surface area contributed by atoms with Crippen LogP contribution in [0.2, 0.25) is 0 Å². The standard InChI is InChI=1S/C13H20N2O2/c1-3-14-13(17)9-15-10(2)8-11-4-6-12(16)7-5-11/h4-7,10,15-16H,3,8-9H2,1-2H3,(H,14,17). The van der Waals surface area contributed by atoms with Gasteiger partial charge in [-0.3, -0.25) is 4.79 Å². The van der Waals surface area contributed by atoms with E-state index >= 15 is 0 Å². The van der Waals surface area contributed by atoms with Gasteiger partial charge in [-0.1, -0.05) is 12.1 Å². The number of amides is 1. The van der Waals surface area contributed by atoms with Crippen LogP contribution < -0.4 is 10.6 Å². The van der Waals surface area contributed by atoms with Gasteiger partial charge in [0.1, 0.15) is 5.75 Å². The minimum atomic E-state index is 0.0186. The average Bonchev–Trinajstić information content (AvgIpc) is 2.30. The number of carbonyl (C=O) groups excluding carboxylic acids is 1. The van der Waals surface area contributed by atoms with Crippen molar-refractivity contribution in [3.8, 4) is 5.75 Å². The maximum Gasteiger partial charge on any atom is 0.233 e. The van der Waals surface area contributed by atoms with Crippen LogP contribution in [0, 0.1) is 0 Å². The van der Waals surface area contributed by atoms with Crippen molar-refractivity contribution >= 4 is 5.91 Å². The van der Waals surface area contributed by atoms with Crippen LogP contribution in [0.3, 0.4) is 0 Å². The topological polar surface area (TPSA) is 61.4 Å². The van der Waals surface area contributed by atoms with Crippen LogP contribution >= 0.6 is 0 Å². The van der Waals surface area contributed by atoms with E-state index in [2.05, 4.69) is 10.6 Å². The predicted octanol–water partition coefficient (Wildman–Crippen LogP) is 1.05. The number of phenolic OH excluding ortho intramolecular Hbond substituents is 1. The summed E-state index contributed by atoms with van der Waals surface area (Å²) in [7, 11) is 0. The number of hydrogen-bond donors (Lipinski definition) is 3. The highest BCUT2D eigenvalue weighted by atomic mass is 16.3. The molecule has 0 saturated carbocycles. The Morgan fingerprint density at radius 1 is 1.35 bits per heavy atom. The van der Waals surface area contributed by atoms with Gasteiger partial charge >= 0.3 is 0 Å². The summed E-state index contributed by atoms with van der Waals surface area (Å²) in [5.74, 6) is 0.293. The van der Waals surface area contributed by atoms with Crippen molar-refractivity contribution in [1.82, 2.24) is 10.6 Å². The summed E-state index contributed by atoms with van der Waals surface area (Å²) in [6, 6.07) is 7.35. The Morgan fingerprint density at radius 2 is 2.00 bits per heavy atom. The molecular weight excluding hydrogens is 216 g/mol. The van der Waals surface area contributed by atoms with E-state index in [9.17, 15) is 4.79 Å². The van der Waals surface area contributed by atoms with Gasteiger partial charge in [-0.2, -0.15) is 0 Å². The molecule has 1 unspecified atom stereocenters. The van der Waals surface area contributed by atoms with Gasteiger partial charge in [-0.25, -0.2) is 0 Å². The zero-order valence-corrected chi connectivity index (χ0v) is 10.4. The van der Waals surface area contributed by atoms with Crippen molar-refractivity contribution in [1.29, 1.82) is 0 Å². The first-order chi connectivity index (χ1) is 8.11. The molecule has 1 atom stereocenters. The fraction of sp³-hybridized carbons (Fsp3) is 0.462. The molecule has 94 valence electrons. The Morgan fingerprint density at radius 3 is 2.59 bits per heavy atom. The van der Waals surface area contributed by atoms with Crippen molar-refractivity contribution in [3.05, 3.63) is 29.8 Å². The molecule has 0 aliphatic heterocycles. The molecule has 0 bridgehead atoms. The third kappa shape index (κ3) is 5.36. The maximum absolute atomic E-state index is 11.2. The SMILES string of the molecule is CCNC(=O)CNC(C)Cc1ccc(O)cc1. The quantitative estimate of drug-likeness (QED) is 0.692. The molecule has 0 aliphatic carbocycles. The maximum atomic E-state index is 11.2. The molecule has 1 rings (SSSR count). The van der Waals surface area contributed by atoms with Crippen molar-refractivity contribution < 1.29 is 9.90 Å². The fourth-order valence-corrected chi connectivity index (χ4v) is 1.58. The fourth-order valence-electron chi connectivity index (χ4n) is 1.58. The van der Waals surface area contributed by atoms with Crippen LogP contribution in [0.5, 0.6) is 5.75 Å². The van der Waals surface area contributed by atoms with E-state index in [0.717, 1.165) is 12.0 Å². The number of rotatable bonds is 6. The highest BCUT2D eigenvalue weighted by molar-refractivity contribution is 5.77. The number of carbonyl (C=O) groups is 1. The van der Waals surface area contributed by atoms with Crippen LogP contribution in [0.25, 0.3) is 0 Å². The molecule has 0 saturated heterocycles. The van der Waals surface area contributed by atoms with Crippen molar-refractivity contribution in [2.75, 3.05) is 13.1 Å². The van der Waals surface area contributed by atoms with Gasteiger partial charge in [0.2, 0.25) is 5.91 Å². The number of nitrogens with one attached hydrogen (secondary N) is 2. The Kier molecular flexibility index (Phi) is 5.49. The summed E-state index contributed by atoms with van der Waals surface area (Å²) >= 11 is 0. The van der Waals surface area contributed by atoms with Gasteiger partial charge in [0, 0.05) is 12.6 Å². The molecule has 0 heterocycles. The molecule has 1 amide bonds. The summed E-state index contributed by atoms with van der Waals surface area (Å²) in [4.78, 5) is 11.2. The van der Waals surface area contributed by atoms with Gasteiger partial charge in [0.25, 0.3) is 0 Å². The lowest BCUT2D eigenvalue weighted by Crippen LogP contribution is -2.38. The number of aromatic hydroxyl groups is 1. The number of likely N-dealkylation sites (N-methyl/N-ethyl adjacent to an activating group) is 1. The van der Waals surface area contributed by atoms with Crippen LogP contribution in [0.15, 0.2) is 24.3 Å². The molecule has 0 aromatic heterocycles. The first-order valence-corrected chi connectivity index (χ1v) is 5.89. The van der Waals surface area contributed by atoms with Crippen molar-refractivity contribution in [3.63, 3.8) is 0 Å². The minimum absolute atomic E-state index is 0.0186. The second kappa shape index (κ2) is 6.91. The lowest BCUT2D eigenvalue weighted by Gasteiger charge is -2.13. The van der Waals surface area contributed by atoms with Crippen LogP contribution in [-0.2, 0) is 11.2 Å². The Labute approximate surface area is 102 Å². The molecule has 3 N–H and O–H groups in total. The molecular formula is C13H20N2O2. The second-order valence-electron chi connectivity index (χ2n) is 4.11. The average molecular weight is 236 g/mol. The van der Waals surface area contributed by atoms with Gasteiger partial charge < -0.3 is 15.7 Å². The van der Waals surface area contributed by atoms with Gasteiger partial charge in [0.15, 0.2) is 0 Å². The molecule has 17 heavy (non-hydrogen) atoms. The molecule has 4 heteroatoms. The smallest absolute Gasteiger partial charge is 0.233 e. The molecule has 0 spiro atoms. The minimum Gasteiger partial charge on any atom is -0.508 e. The largest absolute Gasteiger partial charge is 0.508 e. The Balaban J connectivity index is 2.31. The normalized spacial score (nSPS) is 12.1. The summed E-state index contributed by atoms with van der Waals surface area (Å²) < 4.78 is 0. The first kappa shape index (κ1) is 13.5. The van der Waals surface area contributed by atoms with Gasteiger partial charge in [-0.05, 0) is 38.0 Å². The molecule has 4 nitrogen and oxygen atoms in total. The molecule has 0 radical (unpaired) electrons. The van der Waals surface area contributed by atoms with E-state index in [1.165, 1.54) is 0 Å². The molecule has 1 aromatic rings. The zero-order chi connectivity index (χ0) is 12.7. The summed E-state index contributed by atoms with van der Waals surface area (Å²) in [6.45, 7) is 4.93. The Hall–Kier alpha value is -1.55. The van der Waals surface area contributed by atoms with Crippen LogP contribution in [0.4, 0.5) is 0 Å². The van der Waals surface area contributed by atoms with E-state index in [4.69, 9.17) is 5.11 Å². The summed E-state index contributed by atoms with van der Waals surface area (Å²) in [6.07, 6.45) is 0.833. The highest BCUT2D eigenvalue weighted by Gasteiger charge is 2.05. The summed E-state index contributed by atoms with van der Waals surface area (Å²) in [5.41, 5.74) is 1.14. The van der Waals surface area contributed by atoms with Crippen molar-refractivity contribution in [2.24, 2.45) is 0 Å². The highest BCUT2D eigenvalue weighted by Crippen LogP contribution is 2.10. The van der Waals surface area contributed by atoms with Crippen LogP contribution in [-0.4, -0.2) is 30.1 Å². The Bertz CT molecular complexity index is 349. The number of hydrogen-bond acceptors (Lipinski definition) is 3. The number of phenols is 1. The molecule has 0 aliphatic rings. The molecule has 1 aromatic carbocycles. The van der Waals surface area contributed by atoms with Gasteiger partial charge in [0.05, 0.1) is 6.54 Å². The van der Waals surface area contributed by atoms with E-state index in [1.54, 1.807) is 12.1 Å². The first-order valence-electron chi connectivity index (χ1n) is 5.89. The second-order valence-corrected chi connectivity index (χ2v) is 4.11. The lowest BCUT2D eigenvalue weighted by molar-refractivity contribution is -0.120. The number of benzene rings is 1. The molecule has 0 fully saturated rings. The van der Waals surface area contributed by atoms with E-state index in [0.29, 0.717) is 13.1 Å². The predicted molar refractivity (Wildman–Crippen MR) is 68.0 cm³/mol. The van der Waals surface area contributed by atoms with E-state index in [1.807, 2.05) is 26.0 Å². The van der Waals surface area contributed by atoms with Crippen molar-refractivity contribution in [2.45, 2.75) is 26.3 Å².